The molecule has 4 heteroatoms. The predicted octanol–water partition coefficient (Wildman–Crippen LogP) is 3.54. The number of benzene rings is 1. The second kappa shape index (κ2) is 7.84. The minimum Gasteiger partial charge on any atom is -0.491 e. The first-order valence-electron chi connectivity index (χ1n) is 7.70. The van der Waals surface area contributed by atoms with Gasteiger partial charge in [0, 0.05) is 6.42 Å². The van der Waals surface area contributed by atoms with Gasteiger partial charge >= 0.3 is 0 Å². The molecule has 4 nitrogen and oxygen atoms in total. The lowest BCUT2D eigenvalue weighted by molar-refractivity contribution is 0.242. The van der Waals surface area contributed by atoms with Crippen LogP contribution in [0.1, 0.15) is 38.9 Å². The highest BCUT2D eigenvalue weighted by atomic mass is 16.5. The molecule has 0 aliphatic carbocycles. The van der Waals surface area contributed by atoms with Crippen molar-refractivity contribution < 1.29 is 4.74 Å². The molecule has 114 valence electrons. The third-order valence-electron chi connectivity index (χ3n) is 3.28. The molecular weight excluding hydrogens is 262 g/mol. The van der Waals surface area contributed by atoms with Crippen LogP contribution in [-0.4, -0.2) is 22.6 Å². The number of aromatic nitrogens is 2. The molecule has 1 aromatic heterocycles. The van der Waals surface area contributed by atoms with Gasteiger partial charge in [0.15, 0.2) is 0 Å². The van der Waals surface area contributed by atoms with Gasteiger partial charge in [-0.3, -0.25) is 0 Å². The van der Waals surface area contributed by atoms with Crippen LogP contribution in [0.3, 0.4) is 0 Å². The average molecular weight is 287 g/mol. The van der Waals surface area contributed by atoms with Gasteiger partial charge in [0.25, 0.3) is 0 Å². The van der Waals surface area contributed by atoms with Gasteiger partial charge in [0.05, 0.1) is 18.0 Å². The van der Waals surface area contributed by atoms with Gasteiger partial charge in [-0.1, -0.05) is 6.42 Å². The summed E-state index contributed by atoms with van der Waals surface area (Å²) < 4.78 is 5.65. The number of aryl methyl sites for hydroxylation is 1. The molecule has 1 heterocycles. The van der Waals surface area contributed by atoms with Crippen molar-refractivity contribution in [2.45, 2.75) is 45.6 Å². The number of nitrogens with one attached hydrogen (secondary N) is 1. The largest absolute Gasteiger partial charge is 0.491 e. The summed E-state index contributed by atoms with van der Waals surface area (Å²) in [6.07, 6.45) is 6.46. The number of ether oxygens (including phenoxy) is 1. The molecule has 2 rings (SSSR count). The summed E-state index contributed by atoms with van der Waals surface area (Å²) in [5, 5.41) is 0. The molecule has 0 unspecified atom stereocenters. The molecule has 1 aromatic carbocycles. The van der Waals surface area contributed by atoms with Crippen molar-refractivity contribution in [1.82, 2.24) is 9.97 Å². The Kier molecular flexibility index (Phi) is 5.81. The Bertz CT molecular complexity index is 531. The molecule has 0 aliphatic rings. The molecule has 0 spiro atoms. The van der Waals surface area contributed by atoms with Gasteiger partial charge in [-0.15, -0.1) is 0 Å². The number of hydrogen-bond acceptors (Lipinski definition) is 3. The van der Waals surface area contributed by atoms with Crippen LogP contribution in [-0.2, 0) is 6.42 Å². The first-order valence-corrected chi connectivity index (χ1v) is 7.70. The average Bonchev–Trinajstić information content (AvgIpc) is 2.93. The van der Waals surface area contributed by atoms with Crippen molar-refractivity contribution >= 4 is 0 Å². The van der Waals surface area contributed by atoms with Crippen LogP contribution < -0.4 is 10.5 Å². The van der Waals surface area contributed by atoms with Crippen LogP contribution in [0.4, 0.5) is 0 Å². The van der Waals surface area contributed by atoms with E-state index in [2.05, 4.69) is 22.1 Å². The van der Waals surface area contributed by atoms with Crippen LogP contribution in [0, 0.1) is 0 Å². The van der Waals surface area contributed by atoms with E-state index in [9.17, 15) is 0 Å². The summed E-state index contributed by atoms with van der Waals surface area (Å²) in [5.74, 6) is 1.94. The lowest BCUT2D eigenvalue weighted by Crippen LogP contribution is -2.05. The lowest BCUT2D eigenvalue weighted by Gasteiger charge is -2.09. The highest BCUT2D eigenvalue weighted by Gasteiger charge is 2.04. The monoisotopic (exact) mass is 287 g/mol. The summed E-state index contributed by atoms with van der Waals surface area (Å²) in [6, 6.07) is 8.11. The van der Waals surface area contributed by atoms with Gasteiger partial charge in [0.1, 0.15) is 11.6 Å². The number of nitrogens with two attached hydrogens (primary N) is 1. The fourth-order valence-corrected chi connectivity index (χ4v) is 2.24. The van der Waals surface area contributed by atoms with Crippen LogP contribution in [0.5, 0.6) is 5.75 Å². The number of unbranched alkanes of at least 4 members (excludes halogenated alkanes) is 2. The van der Waals surface area contributed by atoms with Crippen molar-refractivity contribution in [3.05, 3.63) is 36.3 Å². The van der Waals surface area contributed by atoms with Gasteiger partial charge in [-0.2, -0.15) is 0 Å². The maximum absolute atomic E-state index is 5.65. The third kappa shape index (κ3) is 4.90. The molecule has 0 atom stereocenters. The van der Waals surface area contributed by atoms with Gasteiger partial charge in [0.2, 0.25) is 0 Å². The number of imidazole rings is 1. The minimum atomic E-state index is 0.197. The third-order valence-corrected chi connectivity index (χ3v) is 3.28. The zero-order chi connectivity index (χ0) is 15.1. The number of hydrogen-bond donors (Lipinski definition) is 2. The molecule has 2 aromatic rings. The Hall–Kier alpha value is -1.81. The number of aromatic amines is 1. The highest BCUT2D eigenvalue weighted by molar-refractivity contribution is 5.59. The molecule has 0 saturated heterocycles. The summed E-state index contributed by atoms with van der Waals surface area (Å²) in [5.41, 5.74) is 7.68. The molecule has 0 saturated carbocycles. The van der Waals surface area contributed by atoms with Crippen LogP contribution >= 0.6 is 0 Å². The van der Waals surface area contributed by atoms with E-state index in [1.165, 1.54) is 0 Å². The maximum Gasteiger partial charge on any atom is 0.119 e. The fourth-order valence-electron chi connectivity index (χ4n) is 2.24. The van der Waals surface area contributed by atoms with E-state index >= 15 is 0 Å². The van der Waals surface area contributed by atoms with Crippen molar-refractivity contribution in [3.8, 4) is 17.0 Å². The second-order valence-corrected chi connectivity index (χ2v) is 5.53. The maximum atomic E-state index is 5.65. The van der Waals surface area contributed by atoms with Crippen LogP contribution in [0.2, 0.25) is 0 Å². The molecule has 0 aliphatic heterocycles. The first-order chi connectivity index (χ1) is 10.2. The molecule has 0 radical (unpaired) electrons. The zero-order valence-corrected chi connectivity index (χ0v) is 12.9. The van der Waals surface area contributed by atoms with E-state index in [1.54, 1.807) is 0 Å². The van der Waals surface area contributed by atoms with Gasteiger partial charge in [-0.25, -0.2) is 4.98 Å². The van der Waals surface area contributed by atoms with Gasteiger partial charge in [-0.05, 0) is 63.1 Å². The van der Waals surface area contributed by atoms with Crippen LogP contribution in [0.15, 0.2) is 30.5 Å². The van der Waals surface area contributed by atoms with E-state index in [0.29, 0.717) is 0 Å². The van der Waals surface area contributed by atoms with E-state index in [4.69, 9.17) is 10.5 Å². The first kappa shape index (κ1) is 15.6. The Balaban J connectivity index is 1.94. The van der Waals surface area contributed by atoms with Crippen molar-refractivity contribution in [1.29, 1.82) is 0 Å². The second-order valence-electron chi connectivity index (χ2n) is 5.53. The molecule has 0 amide bonds. The molecule has 21 heavy (non-hydrogen) atoms. The van der Waals surface area contributed by atoms with E-state index in [-0.39, 0.29) is 6.10 Å². The summed E-state index contributed by atoms with van der Waals surface area (Å²) in [6.45, 7) is 4.83. The van der Waals surface area contributed by atoms with Crippen molar-refractivity contribution in [2.75, 3.05) is 6.54 Å². The number of rotatable bonds is 8. The Morgan fingerprint density at radius 3 is 2.57 bits per heavy atom. The van der Waals surface area contributed by atoms with Crippen molar-refractivity contribution in [2.24, 2.45) is 5.73 Å². The standard InChI is InChI=1S/C17H25N3O/c1-13(2)21-15-9-7-14(8-10-15)16-12-19-17(20-16)6-4-3-5-11-18/h7-10,12-13H,3-6,11,18H2,1-2H3,(H,19,20). The molecule has 3 N–H and O–H groups in total. The highest BCUT2D eigenvalue weighted by Crippen LogP contribution is 2.21. The number of nitrogens with zero attached hydrogens (tertiary/aromatic N) is 1. The quantitative estimate of drug-likeness (QED) is 0.730. The number of H-pyrrole nitrogens is 1. The minimum absolute atomic E-state index is 0.197. The van der Waals surface area contributed by atoms with Crippen molar-refractivity contribution in [3.63, 3.8) is 0 Å². The van der Waals surface area contributed by atoms with E-state index < -0.39 is 0 Å². The van der Waals surface area contributed by atoms with Gasteiger partial charge < -0.3 is 15.5 Å². The Morgan fingerprint density at radius 1 is 1.14 bits per heavy atom. The summed E-state index contributed by atoms with van der Waals surface area (Å²) >= 11 is 0. The summed E-state index contributed by atoms with van der Waals surface area (Å²) in [4.78, 5) is 7.83. The van der Waals surface area contributed by atoms with E-state index in [1.807, 2.05) is 32.2 Å². The SMILES string of the molecule is CC(C)Oc1ccc(-c2cnc(CCCCCN)[nH]2)cc1. The van der Waals surface area contributed by atoms with Crippen LogP contribution in [0.25, 0.3) is 11.3 Å². The fraction of sp³-hybridized carbons (Fsp3) is 0.471. The smallest absolute Gasteiger partial charge is 0.119 e. The normalized spacial score (nSPS) is 11.0. The van der Waals surface area contributed by atoms with E-state index in [0.717, 1.165) is 55.1 Å². The summed E-state index contributed by atoms with van der Waals surface area (Å²) in [7, 11) is 0. The molecule has 0 bridgehead atoms. The predicted molar refractivity (Wildman–Crippen MR) is 86.4 cm³/mol. The molecule has 0 fully saturated rings. The molecular formula is C17H25N3O. The Morgan fingerprint density at radius 2 is 1.90 bits per heavy atom. The lowest BCUT2D eigenvalue weighted by atomic mass is 10.1. The zero-order valence-electron chi connectivity index (χ0n) is 12.9. The topological polar surface area (TPSA) is 63.9 Å². The Labute approximate surface area is 126 Å².